The lowest BCUT2D eigenvalue weighted by atomic mass is 10.1. The number of hydrogen-bond acceptors (Lipinski definition) is 5. The maximum atomic E-state index is 13.8. The summed E-state index contributed by atoms with van der Waals surface area (Å²) in [5.41, 5.74) is -0.0189. The van der Waals surface area contributed by atoms with Crippen molar-refractivity contribution in [1.82, 2.24) is 4.98 Å². The van der Waals surface area contributed by atoms with Crippen LogP contribution in [0, 0.1) is 31.0 Å². The monoisotopic (exact) mass is 526 g/mol. The highest BCUT2D eigenvalue weighted by Gasteiger charge is 2.43. The number of carbonyl (C=O) groups excluding carboxylic acids is 1. The summed E-state index contributed by atoms with van der Waals surface area (Å²) in [6.07, 6.45) is -5.13. The van der Waals surface area contributed by atoms with Crippen molar-refractivity contribution in [1.29, 1.82) is 5.26 Å². The third-order valence-electron chi connectivity index (χ3n) is 6.55. The van der Waals surface area contributed by atoms with Gasteiger partial charge in [0.15, 0.2) is 0 Å². The molecule has 0 unspecified atom stereocenters. The number of pyridine rings is 1. The molecule has 0 saturated carbocycles. The number of likely N-dealkylation sites (N-methyl/N-ethyl adjacent to an activating group) is 1. The Hall–Kier alpha value is -3.97. The van der Waals surface area contributed by atoms with Crippen LogP contribution in [-0.2, 0) is 22.3 Å². The lowest BCUT2D eigenvalue weighted by Gasteiger charge is -2.30. The summed E-state index contributed by atoms with van der Waals surface area (Å²) in [6, 6.07) is 15.1. The van der Waals surface area contributed by atoms with Gasteiger partial charge in [0.25, 0.3) is 0 Å². The summed E-state index contributed by atoms with van der Waals surface area (Å²) < 4.78 is 61.3. The summed E-state index contributed by atoms with van der Waals surface area (Å²) in [4.78, 5) is 20.7. The number of aromatic nitrogens is 1. The average molecular weight is 527 g/mol. The van der Waals surface area contributed by atoms with Gasteiger partial charge in [-0.1, -0.05) is 30.3 Å². The predicted molar refractivity (Wildman–Crippen MR) is 134 cm³/mol. The molecule has 38 heavy (non-hydrogen) atoms. The summed E-state index contributed by atoms with van der Waals surface area (Å²) >= 11 is 0. The van der Waals surface area contributed by atoms with E-state index in [1.807, 2.05) is 30.3 Å². The molecule has 0 N–H and O–H groups in total. The molecule has 1 aliphatic heterocycles. The Kier molecular flexibility index (Phi) is 7.69. The van der Waals surface area contributed by atoms with Crippen LogP contribution < -0.4 is 9.80 Å². The van der Waals surface area contributed by atoms with E-state index >= 15 is 0 Å². The number of nitrogens with zero attached hydrogens (tertiary/aromatic N) is 4. The van der Waals surface area contributed by atoms with Crippen LogP contribution in [-0.4, -0.2) is 36.6 Å². The zero-order valence-electron chi connectivity index (χ0n) is 21.1. The van der Waals surface area contributed by atoms with Gasteiger partial charge in [-0.2, -0.15) is 18.4 Å². The molecule has 1 saturated heterocycles. The number of carbonyl (C=O) groups is 1. The fraction of sp³-hybridized carbons (Fsp3) is 0.321. The second-order valence-corrected chi connectivity index (χ2v) is 9.27. The zero-order chi connectivity index (χ0) is 27.6. The second-order valence-electron chi connectivity index (χ2n) is 9.27. The summed E-state index contributed by atoms with van der Waals surface area (Å²) in [7, 11) is 1.52. The number of aryl methyl sites for hydroxylation is 2. The molecule has 1 aromatic heterocycles. The number of benzene rings is 2. The first-order valence-electron chi connectivity index (χ1n) is 11.9. The highest BCUT2D eigenvalue weighted by atomic mass is 19.4. The van der Waals surface area contributed by atoms with Crippen molar-refractivity contribution in [3.8, 4) is 6.07 Å². The summed E-state index contributed by atoms with van der Waals surface area (Å²) in [5.74, 6) is -1.08. The molecule has 3 aromatic rings. The lowest BCUT2D eigenvalue weighted by molar-refractivity contribution is -0.137. The minimum Gasteiger partial charge on any atom is -0.372 e. The number of nitriles is 1. The van der Waals surface area contributed by atoms with Crippen molar-refractivity contribution in [3.05, 3.63) is 88.4 Å². The lowest BCUT2D eigenvalue weighted by Crippen LogP contribution is -2.45. The van der Waals surface area contributed by atoms with Crippen molar-refractivity contribution < 1.29 is 27.1 Å². The topological polar surface area (TPSA) is 69.5 Å². The zero-order valence-corrected chi connectivity index (χ0v) is 21.1. The highest BCUT2D eigenvalue weighted by molar-refractivity contribution is 5.99. The Morgan fingerprint density at radius 3 is 2.53 bits per heavy atom. The minimum absolute atomic E-state index is 0.0575. The van der Waals surface area contributed by atoms with Crippen LogP contribution in [0.25, 0.3) is 0 Å². The van der Waals surface area contributed by atoms with Crippen molar-refractivity contribution in [3.63, 3.8) is 0 Å². The maximum Gasteiger partial charge on any atom is 0.417 e. The van der Waals surface area contributed by atoms with Crippen molar-refractivity contribution in [2.45, 2.75) is 45.2 Å². The number of halogens is 4. The van der Waals surface area contributed by atoms with Gasteiger partial charge in [-0.05, 0) is 49.2 Å². The Labute approximate surface area is 218 Å². The summed E-state index contributed by atoms with van der Waals surface area (Å²) in [5, 5.41) is 9.72. The molecular weight excluding hydrogens is 500 g/mol. The number of alkyl halides is 3. The van der Waals surface area contributed by atoms with Gasteiger partial charge in [-0.3, -0.25) is 4.79 Å². The molecule has 198 valence electrons. The SMILES string of the molecule is Cc1cc(C(F)(F)F)c(C#N)c(N2C[C@@H](OCc3ccccc3)C[C@H]2C(=O)N(C)c2ccc(F)c(C)c2)n1. The van der Waals surface area contributed by atoms with Crippen molar-refractivity contribution in [2.24, 2.45) is 0 Å². The third-order valence-corrected chi connectivity index (χ3v) is 6.55. The Balaban J connectivity index is 1.71. The smallest absolute Gasteiger partial charge is 0.372 e. The first-order valence-corrected chi connectivity index (χ1v) is 11.9. The van der Waals surface area contributed by atoms with Gasteiger partial charge in [-0.15, -0.1) is 0 Å². The minimum atomic E-state index is -4.78. The van der Waals surface area contributed by atoms with Crippen LogP contribution in [0.15, 0.2) is 54.6 Å². The van der Waals surface area contributed by atoms with Crippen molar-refractivity contribution in [2.75, 3.05) is 23.4 Å². The Morgan fingerprint density at radius 1 is 1.18 bits per heavy atom. The van der Waals surface area contributed by atoms with Crippen LogP contribution in [0.4, 0.5) is 29.1 Å². The van der Waals surface area contributed by atoms with E-state index in [1.165, 1.54) is 42.0 Å². The molecule has 2 atom stereocenters. The standard InChI is InChI=1S/C28H26F4N4O2/c1-17-11-20(9-10-24(17)29)35(3)27(37)25-13-21(38-16-19-7-5-4-6-8-19)15-36(25)26-22(14-33)23(28(30,31)32)12-18(2)34-26/h4-12,21,25H,13,15-16H2,1-3H3/t21-,25-/m0/s1. The van der Waals surface area contributed by atoms with E-state index in [0.29, 0.717) is 11.3 Å². The molecule has 0 radical (unpaired) electrons. The maximum absolute atomic E-state index is 13.8. The molecule has 6 nitrogen and oxygen atoms in total. The van der Waals surface area contributed by atoms with E-state index in [1.54, 1.807) is 13.0 Å². The molecule has 2 aromatic carbocycles. The fourth-order valence-electron chi connectivity index (χ4n) is 4.56. The summed E-state index contributed by atoms with van der Waals surface area (Å²) in [6.45, 7) is 3.28. The van der Waals surface area contributed by atoms with Gasteiger partial charge in [0, 0.05) is 31.4 Å². The fourth-order valence-corrected chi connectivity index (χ4v) is 4.56. The predicted octanol–water partition coefficient (Wildman–Crippen LogP) is 5.56. The van der Waals surface area contributed by atoms with E-state index in [0.717, 1.165) is 11.6 Å². The molecule has 2 heterocycles. The number of ether oxygens (including phenoxy) is 1. The van der Waals surface area contributed by atoms with Crippen LogP contribution in [0.3, 0.4) is 0 Å². The average Bonchev–Trinajstić information content (AvgIpc) is 3.32. The number of amides is 1. The normalized spacial score (nSPS) is 17.4. The highest BCUT2D eigenvalue weighted by Crippen LogP contribution is 2.38. The van der Waals surface area contributed by atoms with Gasteiger partial charge in [0.1, 0.15) is 29.3 Å². The Morgan fingerprint density at radius 2 is 1.89 bits per heavy atom. The van der Waals surface area contributed by atoms with Crippen LogP contribution >= 0.6 is 0 Å². The third kappa shape index (κ3) is 5.63. The van der Waals surface area contributed by atoms with Gasteiger partial charge in [-0.25, -0.2) is 9.37 Å². The second kappa shape index (κ2) is 10.8. The van der Waals surface area contributed by atoms with Gasteiger partial charge < -0.3 is 14.5 Å². The largest absolute Gasteiger partial charge is 0.417 e. The van der Waals surface area contributed by atoms with E-state index in [2.05, 4.69) is 4.98 Å². The van der Waals surface area contributed by atoms with E-state index < -0.39 is 41.2 Å². The van der Waals surface area contributed by atoms with Crippen LogP contribution in [0.2, 0.25) is 0 Å². The molecule has 0 spiro atoms. The molecule has 1 aliphatic rings. The molecule has 10 heteroatoms. The van der Waals surface area contributed by atoms with E-state index in [4.69, 9.17) is 4.74 Å². The molecule has 0 aliphatic carbocycles. The first-order chi connectivity index (χ1) is 18.0. The molecule has 1 amide bonds. The first kappa shape index (κ1) is 27.1. The molecule has 1 fully saturated rings. The number of anilines is 2. The van der Waals surface area contributed by atoms with Gasteiger partial charge in [0.05, 0.1) is 18.3 Å². The number of rotatable bonds is 6. The van der Waals surface area contributed by atoms with Crippen LogP contribution in [0.1, 0.15) is 34.4 Å². The molecule has 4 rings (SSSR count). The molecule has 0 bridgehead atoms. The van der Waals surface area contributed by atoms with Crippen LogP contribution in [0.5, 0.6) is 0 Å². The van der Waals surface area contributed by atoms with Gasteiger partial charge in [0.2, 0.25) is 5.91 Å². The van der Waals surface area contributed by atoms with E-state index in [-0.39, 0.29) is 31.1 Å². The Bertz CT molecular complexity index is 1370. The number of hydrogen-bond donors (Lipinski definition) is 0. The molecular formula is C28H26F4N4O2. The quantitative estimate of drug-likeness (QED) is 0.394. The van der Waals surface area contributed by atoms with Gasteiger partial charge >= 0.3 is 6.18 Å². The van der Waals surface area contributed by atoms with E-state index in [9.17, 15) is 27.6 Å². The van der Waals surface area contributed by atoms with Crippen molar-refractivity contribution >= 4 is 17.4 Å².